The second-order valence-electron chi connectivity index (χ2n) is 5.97. The molecule has 6 nitrogen and oxygen atoms in total. The lowest BCUT2D eigenvalue weighted by Crippen LogP contribution is -2.25. The van der Waals surface area contributed by atoms with Crippen LogP contribution >= 0.6 is 0 Å². The van der Waals surface area contributed by atoms with Gasteiger partial charge >= 0.3 is 0 Å². The largest absolute Gasteiger partial charge is 0.455 e. The van der Waals surface area contributed by atoms with Crippen molar-refractivity contribution in [2.45, 2.75) is 0 Å². The minimum Gasteiger partial charge on any atom is -0.455 e. The average molecular weight is 345 g/mol. The normalized spacial score (nSPS) is 12.5. The van der Waals surface area contributed by atoms with Gasteiger partial charge in [-0.3, -0.25) is 9.59 Å². The number of nitrogens with two attached hydrogens (primary N) is 3. The van der Waals surface area contributed by atoms with Gasteiger partial charge in [0, 0.05) is 23.0 Å². The van der Waals surface area contributed by atoms with Crippen LogP contribution in [0.4, 0.5) is 17.1 Å². The van der Waals surface area contributed by atoms with Crippen molar-refractivity contribution >= 4 is 28.6 Å². The van der Waals surface area contributed by atoms with Crippen molar-refractivity contribution in [3.8, 4) is 11.5 Å². The molecule has 128 valence electrons. The Labute approximate surface area is 149 Å². The molecule has 0 saturated heterocycles. The number of rotatable bonds is 2. The molecule has 0 spiro atoms. The van der Waals surface area contributed by atoms with Crippen molar-refractivity contribution in [1.82, 2.24) is 0 Å². The summed E-state index contributed by atoms with van der Waals surface area (Å²) in [6.07, 6.45) is 0. The third kappa shape index (κ3) is 2.20. The third-order valence-electron chi connectivity index (χ3n) is 4.35. The summed E-state index contributed by atoms with van der Waals surface area (Å²) in [7, 11) is 0. The molecular weight excluding hydrogens is 330 g/mol. The van der Waals surface area contributed by atoms with Crippen LogP contribution in [0.5, 0.6) is 11.5 Å². The van der Waals surface area contributed by atoms with E-state index in [9.17, 15) is 9.59 Å². The van der Waals surface area contributed by atoms with E-state index in [1.807, 2.05) is 6.07 Å². The van der Waals surface area contributed by atoms with E-state index in [0.29, 0.717) is 5.75 Å². The highest BCUT2D eigenvalue weighted by Crippen LogP contribution is 2.41. The Morgan fingerprint density at radius 3 is 2.15 bits per heavy atom. The van der Waals surface area contributed by atoms with Gasteiger partial charge in [0.1, 0.15) is 5.75 Å². The molecule has 0 heterocycles. The zero-order valence-electron chi connectivity index (χ0n) is 13.7. The molecule has 0 fully saturated rings. The van der Waals surface area contributed by atoms with Gasteiger partial charge in [0.25, 0.3) is 0 Å². The average Bonchev–Trinajstić information content (AvgIpc) is 2.63. The molecule has 4 rings (SSSR count). The zero-order chi connectivity index (χ0) is 18.4. The van der Waals surface area contributed by atoms with Gasteiger partial charge in [-0.05, 0) is 18.2 Å². The zero-order valence-corrected chi connectivity index (χ0v) is 13.7. The Morgan fingerprint density at radius 2 is 1.42 bits per heavy atom. The number of benzene rings is 3. The first-order chi connectivity index (χ1) is 12.5. The molecule has 0 radical (unpaired) electrons. The SMILES string of the molecule is Nc1cccc2c1C(=O)c1c(N)cc(Oc3ccccc3)c(N)c1C2=O. The molecule has 0 amide bonds. The molecule has 3 aromatic carbocycles. The van der Waals surface area contributed by atoms with Crippen LogP contribution in [0.2, 0.25) is 0 Å². The highest BCUT2D eigenvalue weighted by Gasteiger charge is 2.35. The monoisotopic (exact) mass is 345 g/mol. The maximum Gasteiger partial charge on any atom is 0.198 e. The standard InChI is InChI=1S/C20H15N3O3/c21-12-8-4-7-11-15(12)20(25)16-13(22)9-14(18(23)17(16)19(11)24)26-10-5-2-1-3-6-10/h1-9H,21-23H2. The van der Waals surface area contributed by atoms with Crippen LogP contribution in [-0.2, 0) is 0 Å². The fourth-order valence-electron chi connectivity index (χ4n) is 3.15. The smallest absolute Gasteiger partial charge is 0.198 e. The van der Waals surface area contributed by atoms with Crippen LogP contribution in [0, 0.1) is 0 Å². The van der Waals surface area contributed by atoms with Crippen LogP contribution in [0.25, 0.3) is 0 Å². The van der Waals surface area contributed by atoms with Gasteiger partial charge in [-0.1, -0.05) is 30.3 Å². The maximum absolute atomic E-state index is 13.0. The van der Waals surface area contributed by atoms with Gasteiger partial charge in [0.2, 0.25) is 0 Å². The van der Waals surface area contributed by atoms with Crippen LogP contribution in [-0.4, -0.2) is 11.6 Å². The fraction of sp³-hybridized carbons (Fsp3) is 0. The number of anilines is 3. The topological polar surface area (TPSA) is 121 Å². The van der Waals surface area contributed by atoms with Crippen LogP contribution < -0.4 is 21.9 Å². The minimum atomic E-state index is -0.414. The number of fused-ring (bicyclic) bond motifs is 2. The molecule has 0 aliphatic heterocycles. The van der Waals surface area contributed by atoms with E-state index in [0.717, 1.165) is 0 Å². The summed E-state index contributed by atoms with van der Waals surface area (Å²) in [5.41, 5.74) is 19.1. The second kappa shape index (κ2) is 5.63. The summed E-state index contributed by atoms with van der Waals surface area (Å²) in [6, 6.07) is 15.2. The van der Waals surface area contributed by atoms with Gasteiger partial charge in [-0.25, -0.2) is 0 Å². The molecule has 1 aliphatic carbocycles. The fourth-order valence-corrected chi connectivity index (χ4v) is 3.15. The second-order valence-corrected chi connectivity index (χ2v) is 5.97. The number of hydrogen-bond acceptors (Lipinski definition) is 6. The Kier molecular flexibility index (Phi) is 3.40. The Bertz CT molecular complexity index is 1080. The van der Waals surface area contributed by atoms with Crippen LogP contribution in [0.3, 0.4) is 0 Å². The molecule has 1 aliphatic rings. The van der Waals surface area contributed by atoms with Crippen molar-refractivity contribution in [3.63, 3.8) is 0 Å². The molecule has 0 aromatic heterocycles. The summed E-state index contributed by atoms with van der Waals surface area (Å²) < 4.78 is 5.76. The number of ketones is 2. The van der Waals surface area contributed by atoms with E-state index < -0.39 is 11.6 Å². The van der Waals surface area contributed by atoms with E-state index >= 15 is 0 Å². The Morgan fingerprint density at radius 1 is 0.692 bits per heavy atom. The van der Waals surface area contributed by atoms with Gasteiger partial charge in [-0.2, -0.15) is 0 Å². The van der Waals surface area contributed by atoms with E-state index in [1.54, 1.807) is 42.5 Å². The summed E-state index contributed by atoms with van der Waals surface area (Å²) in [5, 5.41) is 0. The Balaban J connectivity index is 1.92. The van der Waals surface area contributed by atoms with Crippen LogP contribution in [0.1, 0.15) is 31.8 Å². The third-order valence-corrected chi connectivity index (χ3v) is 4.35. The quantitative estimate of drug-likeness (QED) is 0.480. The summed E-state index contributed by atoms with van der Waals surface area (Å²) in [4.78, 5) is 25.9. The van der Waals surface area contributed by atoms with E-state index in [4.69, 9.17) is 21.9 Å². The minimum absolute atomic E-state index is 0.0547. The lowest BCUT2D eigenvalue weighted by atomic mass is 9.81. The molecule has 6 N–H and O–H groups in total. The van der Waals surface area contributed by atoms with E-state index in [1.165, 1.54) is 6.07 Å². The summed E-state index contributed by atoms with van der Waals surface area (Å²) in [5.74, 6) is -0.0495. The van der Waals surface area contributed by atoms with Crippen molar-refractivity contribution < 1.29 is 14.3 Å². The van der Waals surface area contributed by atoms with Crippen molar-refractivity contribution in [3.05, 3.63) is 76.9 Å². The number of hydrogen-bond donors (Lipinski definition) is 3. The molecule has 0 saturated carbocycles. The molecule has 0 unspecified atom stereocenters. The highest BCUT2D eigenvalue weighted by molar-refractivity contribution is 6.33. The first-order valence-corrected chi connectivity index (χ1v) is 7.91. The van der Waals surface area contributed by atoms with E-state index in [-0.39, 0.29) is 45.1 Å². The first-order valence-electron chi connectivity index (χ1n) is 7.91. The Hall–Kier alpha value is -3.80. The van der Waals surface area contributed by atoms with Gasteiger partial charge in [-0.15, -0.1) is 0 Å². The maximum atomic E-state index is 13.0. The summed E-state index contributed by atoms with van der Waals surface area (Å²) >= 11 is 0. The summed E-state index contributed by atoms with van der Waals surface area (Å²) in [6.45, 7) is 0. The highest BCUT2D eigenvalue weighted by atomic mass is 16.5. The molecule has 3 aromatic rings. The van der Waals surface area contributed by atoms with E-state index in [2.05, 4.69) is 0 Å². The van der Waals surface area contributed by atoms with Crippen LogP contribution in [0.15, 0.2) is 54.6 Å². The number of ether oxygens (including phenoxy) is 1. The van der Waals surface area contributed by atoms with Gasteiger partial charge < -0.3 is 21.9 Å². The number of carbonyl (C=O) groups excluding carboxylic acids is 2. The number of nitrogen functional groups attached to an aromatic ring is 3. The number of carbonyl (C=O) groups is 2. The lowest BCUT2D eigenvalue weighted by molar-refractivity contribution is 0.0980. The van der Waals surface area contributed by atoms with Crippen molar-refractivity contribution in [1.29, 1.82) is 0 Å². The predicted octanol–water partition coefficient (Wildman–Crippen LogP) is 3.00. The molecule has 26 heavy (non-hydrogen) atoms. The van der Waals surface area contributed by atoms with Crippen molar-refractivity contribution in [2.24, 2.45) is 0 Å². The molecule has 0 atom stereocenters. The number of para-hydroxylation sites is 1. The lowest BCUT2D eigenvalue weighted by Gasteiger charge is -2.23. The van der Waals surface area contributed by atoms with Gasteiger partial charge in [0.05, 0.1) is 22.4 Å². The molecular formula is C20H15N3O3. The molecule has 6 heteroatoms. The predicted molar refractivity (Wildman–Crippen MR) is 99.5 cm³/mol. The van der Waals surface area contributed by atoms with Crippen molar-refractivity contribution in [2.75, 3.05) is 17.2 Å². The molecule has 0 bridgehead atoms. The van der Waals surface area contributed by atoms with Gasteiger partial charge in [0.15, 0.2) is 17.3 Å². The first kappa shape index (κ1) is 15.7.